The third kappa shape index (κ3) is 5.67. The summed E-state index contributed by atoms with van der Waals surface area (Å²) in [5.74, 6) is -1.43. The molecular weight excluding hydrogens is 680 g/mol. The molecule has 5 aliphatic rings. The van der Waals surface area contributed by atoms with Crippen LogP contribution in [0.1, 0.15) is 147 Å². The number of allylic oxidation sites excluding steroid dienone is 1. The summed E-state index contributed by atoms with van der Waals surface area (Å²) in [5, 5.41) is 19.5. The van der Waals surface area contributed by atoms with Gasteiger partial charge >= 0.3 is 23.9 Å². The minimum absolute atomic E-state index is 0.0336. The first-order chi connectivity index (χ1) is 25.4. The molecule has 0 aliphatic heterocycles. The van der Waals surface area contributed by atoms with Crippen LogP contribution >= 0.6 is 0 Å². The molecule has 2 aromatic rings. The lowest BCUT2D eigenvalue weighted by Gasteiger charge is -2.73. The van der Waals surface area contributed by atoms with Crippen molar-refractivity contribution >= 4 is 23.9 Å². The van der Waals surface area contributed by atoms with Crippen molar-refractivity contribution < 1.29 is 38.9 Å². The van der Waals surface area contributed by atoms with Crippen molar-refractivity contribution in [1.82, 2.24) is 0 Å². The Hall–Kier alpha value is -3.94. The van der Waals surface area contributed by atoms with Gasteiger partial charge in [-0.05, 0) is 141 Å². The molecule has 2 aromatic carbocycles. The summed E-state index contributed by atoms with van der Waals surface area (Å²) in [6.07, 6.45) is 9.77. The fourth-order valence-electron chi connectivity index (χ4n) is 13.9. The molecular formula is C46H58O8. The van der Waals surface area contributed by atoms with Gasteiger partial charge in [0.05, 0.1) is 28.9 Å². The van der Waals surface area contributed by atoms with E-state index >= 15 is 0 Å². The van der Waals surface area contributed by atoms with Gasteiger partial charge in [0.15, 0.2) is 0 Å². The highest BCUT2D eigenvalue weighted by Crippen LogP contribution is 2.77. The van der Waals surface area contributed by atoms with E-state index in [1.54, 1.807) is 36.4 Å². The molecule has 0 heterocycles. The summed E-state index contributed by atoms with van der Waals surface area (Å²) in [6.45, 7) is 19.1. The van der Waals surface area contributed by atoms with E-state index in [0.29, 0.717) is 36.2 Å². The lowest BCUT2D eigenvalue weighted by Crippen LogP contribution is -2.67. The second kappa shape index (κ2) is 13.4. The number of hydrogen-bond donors (Lipinski definition) is 2. The first-order valence-electron chi connectivity index (χ1n) is 20.1. The third-order valence-corrected chi connectivity index (χ3v) is 16.7. The van der Waals surface area contributed by atoms with Crippen LogP contribution in [0.5, 0.6) is 0 Å². The Morgan fingerprint density at radius 1 is 0.685 bits per heavy atom. The number of benzene rings is 2. The molecule has 0 unspecified atom stereocenters. The molecule has 2 N–H and O–H groups in total. The molecule has 0 spiro atoms. The Labute approximate surface area is 320 Å². The number of carboxylic acid groups (broad SMARTS) is 2. The third-order valence-electron chi connectivity index (χ3n) is 16.7. The molecule has 8 nitrogen and oxygen atoms in total. The van der Waals surface area contributed by atoms with Gasteiger partial charge < -0.3 is 19.7 Å². The van der Waals surface area contributed by atoms with E-state index in [0.717, 1.165) is 64.2 Å². The number of carbonyl (C=O) groups is 4. The lowest BCUT2D eigenvalue weighted by molar-refractivity contribution is -0.249. The molecule has 7 rings (SSSR count). The zero-order valence-corrected chi connectivity index (χ0v) is 32.9. The van der Waals surface area contributed by atoms with Gasteiger partial charge in [0.25, 0.3) is 0 Å². The Kier molecular flexibility index (Phi) is 9.49. The van der Waals surface area contributed by atoms with Gasteiger partial charge in [-0.2, -0.15) is 0 Å². The summed E-state index contributed by atoms with van der Waals surface area (Å²) in [4.78, 5) is 50.7. The number of carbonyl (C=O) groups excluding carboxylic acids is 2. The fourth-order valence-corrected chi connectivity index (χ4v) is 13.9. The maximum Gasteiger partial charge on any atom is 0.339 e. The Morgan fingerprint density at radius 2 is 1.28 bits per heavy atom. The largest absolute Gasteiger partial charge is 0.478 e. The summed E-state index contributed by atoms with van der Waals surface area (Å²) in [5.41, 5.74) is 1.09. The topological polar surface area (TPSA) is 127 Å². The number of fused-ring (bicyclic) bond motifs is 7. The predicted molar refractivity (Wildman–Crippen MR) is 205 cm³/mol. The van der Waals surface area contributed by atoms with Crippen LogP contribution in [0.4, 0.5) is 0 Å². The van der Waals surface area contributed by atoms with Crippen LogP contribution in [0.15, 0.2) is 60.7 Å². The molecule has 10 atom stereocenters. The second-order valence-electron chi connectivity index (χ2n) is 19.1. The van der Waals surface area contributed by atoms with Crippen molar-refractivity contribution in [3.8, 4) is 0 Å². The SMILES string of the molecule is C=C(C)[C@@H]1CC[C@]2(COC(=O)c3ccccc3C(=O)O)CC[C@]3(C)[C@@H](CC[C@@H]4[C@@]5(C)CC[C@H](OC(=O)c6ccccc6C(=O)O)C(C)(C)[C@@H]5CC[C@]43C)[C@H]12. The minimum Gasteiger partial charge on any atom is -0.478 e. The number of ether oxygens (including phenoxy) is 2. The molecule has 54 heavy (non-hydrogen) atoms. The van der Waals surface area contributed by atoms with Crippen LogP contribution in [0.2, 0.25) is 0 Å². The highest BCUT2D eigenvalue weighted by molar-refractivity contribution is 6.03. The number of esters is 2. The van der Waals surface area contributed by atoms with Gasteiger partial charge in [-0.25, -0.2) is 19.2 Å². The lowest BCUT2D eigenvalue weighted by atomic mass is 9.32. The monoisotopic (exact) mass is 738 g/mol. The average Bonchev–Trinajstić information content (AvgIpc) is 3.52. The van der Waals surface area contributed by atoms with Crippen molar-refractivity contribution in [2.75, 3.05) is 6.61 Å². The van der Waals surface area contributed by atoms with E-state index in [1.807, 2.05) is 0 Å². The van der Waals surface area contributed by atoms with E-state index in [9.17, 15) is 29.4 Å². The summed E-state index contributed by atoms with van der Waals surface area (Å²) >= 11 is 0. The Bertz CT molecular complexity index is 1880. The number of rotatable bonds is 8. The van der Waals surface area contributed by atoms with E-state index in [1.165, 1.54) is 17.7 Å². The van der Waals surface area contributed by atoms with E-state index in [2.05, 4.69) is 48.1 Å². The second-order valence-corrected chi connectivity index (χ2v) is 19.1. The highest BCUT2D eigenvalue weighted by atomic mass is 16.5. The smallest absolute Gasteiger partial charge is 0.339 e. The fraction of sp³-hybridized carbons (Fsp3) is 0.609. The normalized spacial score (nSPS) is 37.7. The summed E-state index contributed by atoms with van der Waals surface area (Å²) in [6, 6.07) is 12.6. The van der Waals surface area contributed by atoms with Crippen molar-refractivity contribution in [3.05, 3.63) is 82.9 Å². The van der Waals surface area contributed by atoms with Crippen LogP contribution in [0, 0.1) is 56.7 Å². The standard InChI is InChI=1S/C46H58O8/c1-27(2)28-18-23-46(26-53-40(51)31-14-10-8-12-29(31)38(47)48)25-24-44(6)33(37(28)46)16-17-35-43(5)21-20-36(42(3,4)34(43)19-22-45(35,44)7)54-41(52)32-15-11-9-13-30(32)39(49)50/h8-15,28,33-37H,1,16-26H2,2-7H3,(H,47,48)(H,49,50)/t28-,33-,34-,35+,36-,37-,43-,44+,45+,46+/m0/s1. The van der Waals surface area contributed by atoms with Crippen molar-refractivity contribution in [3.63, 3.8) is 0 Å². The maximum absolute atomic E-state index is 13.5. The van der Waals surface area contributed by atoms with E-state index in [4.69, 9.17) is 9.47 Å². The van der Waals surface area contributed by atoms with Gasteiger partial charge in [0, 0.05) is 10.8 Å². The van der Waals surface area contributed by atoms with Gasteiger partial charge in [-0.1, -0.05) is 71.0 Å². The predicted octanol–water partition coefficient (Wildman–Crippen LogP) is 10.1. The van der Waals surface area contributed by atoms with Crippen LogP contribution in [0.3, 0.4) is 0 Å². The molecule has 0 aromatic heterocycles. The minimum atomic E-state index is -1.14. The molecule has 0 amide bonds. The van der Waals surface area contributed by atoms with Gasteiger partial charge in [-0.15, -0.1) is 0 Å². The molecule has 0 radical (unpaired) electrons. The summed E-state index contributed by atoms with van der Waals surface area (Å²) < 4.78 is 12.4. The molecule has 0 saturated heterocycles. The summed E-state index contributed by atoms with van der Waals surface area (Å²) in [7, 11) is 0. The molecule has 5 aliphatic carbocycles. The Balaban J connectivity index is 1.14. The number of aromatic carboxylic acids is 2. The highest BCUT2D eigenvalue weighted by Gasteiger charge is 2.71. The van der Waals surface area contributed by atoms with Crippen LogP contribution in [-0.2, 0) is 9.47 Å². The van der Waals surface area contributed by atoms with E-state index in [-0.39, 0.29) is 55.4 Å². The number of hydrogen-bond acceptors (Lipinski definition) is 6. The molecule has 290 valence electrons. The van der Waals surface area contributed by atoms with Crippen LogP contribution in [0.25, 0.3) is 0 Å². The van der Waals surface area contributed by atoms with Crippen LogP contribution < -0.4 is 0 Å². The Morgan fingerprint density at radius 3 is 1.87 bits per heavy atom. The maximum atomic E-state index is 13.5. The van der Waals surface area contributed by atoms with Gasteiger partial charge in [0.2, 0.25) is 0 Å². The van der Waals surface area contributed by atoms with Gasteiger partial charge in [-0.3, -0.25) is 0 Å². The van der Waals surface area contributed by atoms with Crippen molar-refractivity contribution in [1.29, 1.82) is 0 Å². The van der Waals surface area contributed by atoms with Crippen molar-refractivity contribution in [2.24, 2.45) is 56.7 Å². The van der Waals surface area contributed by atoms with Crippen LogP contribution in [-0.4, -0.2) is 46.8 Å². The first-order valence-corrected chi connectivity index (χ1v) is 20.1. The molecule has 8 heteroatoms. The van der Waals surface area contributed by atoms with Gasteiger partial charge in [0.1, 0.15) is 6.10 Å². The molecule has 0 bridgehead atoms. The quantitative estimate of drug-likeness (QED) is 0.202. The first kappa shape index (κ1) is 38.3. The zero-order valence-electron chi connectivity index (χ0n) is 32.9. The zero-order chi connectivity index (χ0) is 39.0. The molecule has 5 saturated carbocycles. The average molecular weight is 739 g/mol. The van der Waals surface area contributed by atoms with Crippen molar-refractivity contribution in [2.45, 2.75) is 112 Å². The number of carboxylic acids is 2. The molecule has 5 fully saturated rings. The van der Waals surface area contributed by atoms with E-state index < -0.39 is 23.9 Å².